The lowest BCUT2D eigenvalue weighted by molar-refractivity contribution is 0.0600. The Morgan fingerprint density at radius 2 is 1.89 bits per heavy atom. The topological polar surface area (TPSA) is 119 Å². The van der Waals surface area contributed by atoms with Crippen LogP contribution < -0.4 is 10.6 Å². The predicted octanol–water partition coefficient (Wildman–Crippen LogP) is 2.86. The quantitative estimate of drug-likeness (QED) is 0.661. The zero-order valence-electron chi connectivity index (χ0n) is 14.9. The average molecular weight is 367 g/mol. The van der Waals surface area contributed by atoms with E-state index in [-0.39, 0.29) is 5.69 Å². The molecule has 0 aliphatic rings. The zero-order chi connectivity index (χ0) is 19.4. The van der Waals surface area contributed by atoms with E-state index in [0.29, 0.717) is 34.5 Å². The SMILES string of the molecule is COC(=O)c1cccc(Nc2cc(C(=O)Nc3cc(C)on3)nc(C)n2)c1. The van der Waals surface area contributed by atoms with Gasteiger partial charge in [0, 0.05) is 17.8 Å². The van der Waals surface area contributed by atoms with Crippen LogP contribution in [0.4, 0.5) is 17.3 Å². The smallest absolute Gasteiger partial charge is 0.337 e. The van der Waals surface area contributed by atoms with Crippen molar-refractivity contribution in [3.8, 4) is 0 Å². The van der Waals surface area contributed by atoms with Gasteiger partial charge in [0.05, 0.1) is 12.7 Å². The van der Waals surface area contributed by atoms with Crippen LogP contribution in [-0.2, 0) is 4.74 Å². The largest absolute Gasteiger partial charge is 0.465 e. The van der Waals surface area contributed by atoms with Gasteiger partial charge in [-0.2, -0.15) is 0 Å². The summed E-state index contributed by atoms with van der Waals surface area (Å²) in [5.74, 6) is 0.809. The molecule has 2 N–H and O–H groups in total. The molecule has 0 saturated heterocycles. The van der Waals surface area contributed by atoms with E-state index in [1.807, 2.05) is 0 Å². The predicted molar refractivity (Wildman–Crippen MR) is 97.0 cm³/mol. The number of ether oxygens (including phenoxy) is 1. The van der Waals surface area contributed by atoms with E-state index in [1.165, 1.54) is 13.2 Å². The van der Waals surface area contributed by atoms with Gasteiger partial charge in [-0.1, -0.05) is 11.2 Å². The van der Waals surface area contributed by atoms with Crippen LogP contribution in [0.15, 0.2) is 40.9 Å². The van der Waals surface area contributed by atoms with E-state index >= 15 is 0 Å². The summed E-state index contributed by atoms with van der Waals surface area (Å²) in [6.45, 7) is 3.40. The van der Waals surface area contributed by atoms with Gasteiger partial charge in [0.1, 0.15) is 23.1 Å². The number of aryl methyl sites for hydroxylation is 2. The van der Waals surface area contributed by atoms with Gasteiger partial charge in [-0.05, 0) is 32.0 Å². The van der Waals surface area contributed by atoms with Gasteiger partial charge in [0.25, 0.3) is 5.91 Å². The van der Waals surface area contributed by atoms with E-state index in [9.17, 15) is 9.59 Å². The van der Waals surface area contributed by atoms with Gasteiger partial charge in [-0.3, -0.25) is 4.79 Å². The number of rotatable bonds is 5. The zero-order valence-corrected chi connectivity index (χ0v) is 14.9. The first-order valence-corrected chi connectivity index (χ1v) is 8.00. The molecule has 1 aromatic carbocycles. The maximum Gasteiger partial charge on any atom is 0.337 e. The monoisotopic (exact) mass is 367 g/mol. The molecule has 0 saturated carbocycles. The second-order valence-electron chi connectivity index (χ2n) is 5.66. The molecule has 0 aliphatic carbocycles. The number of amides is 1. The third-order valence-corrected chi connectivity index (χ3v) is 3.50. The third kappa shape index (κ3) is 4.46. The second-order valence-corrected chi connectivity index (χ2v) is 5.66. The van der Waals surface area contributed by atoms with Gasteiger partial charge in [0.15, 0.2) is 5.82 Å². The van der Waals surface area contributed by atoms with Crippen LogP contribution in [0.25, 0.3) is 0 Å². The first kappa shape index (κ1) is 18.1. The summed E-state index contributed by atoms with van der Waals surface area (Å²) in [5.41, 5.74) is 1.18. The maximum atomic E-state index is 12.4. The van der Waals surface area contributed by atoms with Crippen LogP contribution >= 0.6 is 0 Å². The molecule has 2 aromatic heterocycles. The number of aromatic nitrogens is 3. The summed E-state index contributed by atoms with van der Waals surface area (Å²) < 4.78 is 9.63. The third-order valence-electron chi connectivity index (χ3n) is 3.50. The van der Waals surface area contributed by atoms with Crippen molar-refractivity contribution in [2.75, 3.05) is 17.7 Å². The molecular weight excluding hydrogens is 350 g/mol. The Bertz CT molecular complexity index is 999. The van der Waals surface area contributed by atoms with E-state index in [2.05, 4.69) is 25.8 Å². The molecule has 0 bridgehead atoms. The highest BCUT2D eigenvalue weighted by Crippen LogP contribution is 2.18. The summed E-state index contributed by atoms with van der Waals surface area (Å²) in [7, 11) is 1.32. The molecule has 3 rings (SSSR count). The molecule has 2 heterocycles. The van der Waals surface area contributed by atoms with Crippen molar-refractivity contribution in [3.05, 3.63) is 59.2 Å². The van der Waals surface area contributed by atoms with Crippen molar-refractivity contribution in [1.29, 1.82) is 0 Å². The summed E-state index contributed by atoms with van der Waals surface area (Å²) >= 11 is 0. The minimum atomic E-state index is -0.444. The van der Waals surface area contributed by atoms with Crippen LogP contribution in [0.3, 0.4) is 0 Å². The second kappa shape index (κ2) is 7.65. The number of carbonyl (C=O) groups is 2. The standard InChI is InChI=1S/C18H17N5O4/c1-10-7-16(23-27-10)22-17(24)14-9-15(20-11(2)19-14)21-13-6-4-5-12(8-13)18(25)26-3/h4-9H,1-3H3,(H,19,20,21)(H,22,23,24). The van der Waals surface area contributed by atoms with E-state index < -0.39 is 11.9 Å². The Morgan fingerprint density at radius 3 is 2.59 bits per heavy atom. The Labute approximate surface area is 154 Å². The highest BCUT2D eigenvalue weighted by molar-refractivity contribution is 6.02. The number of hydrogen-bond donors (Lipinski definition) is 2. The number of hydrogen-bond acceptors (Lipinski definition) is 8. The summed E-state index contributed by atoms with van der Waals surface area (Å²) in [6.07, 6.45) is 0. The molecule has 0 atom stereocenters. The molecule has 9 heteroatoms. The van der Waals surface area contributed by atoms with Crippen LogP contribution in [0.1, 0.15) is 32.4 Å². The number of benzene rings is 1. The number of methoxy groups -OCH3 is 1. The fourth-order valence-electron chi connectivity index (χ4n) is 2.34. The molecule has 0 aliphatic heterocycles. The Morgan fingerprint density at radius 1 is 1.07 bits per heavy atom. The minimum Gasteiger partial charge on any atom is -0.465 e. The Balaban J connectivity index is 1.81. The molecule has 3 aromatic rings. The Hall–Kier alpha value is -3.75. The van der Waals surface area contributed by atoms with Gasteiger partial charge in [0.2, 0.25) is 0 Å². The highest BCUT2D eigenvalue weighted by atomic mass is 16.5. The maximum absolute atomic E-state index is 12.4. The normalized spacial score (nSPS) is 10.3. The van der Waals surface area contributed by atoms with E-state index in [4.69, 9.17) is 9.26 Å². The summed E-state index contributed by atoms with van der Waals surface area (Å²) in [4.78, 5) is 32.4. The lowest BCUT2D eigenvalue weighted by atomic mass is 10.2. The molecule has 0 unspecified atom stereocenters. The highest BCUT2D eigenvalue weighted by Gasteiger charge is 2.13. The van der Waals surface area contributed by atoms with Crippen molar-refractivity contribution in [1.82, 2.24) is 15.1 Å². The molecule has 27 heavy (non-hydrogen) atoms. The van der Waals surface area contributed by atoms with Crippen molar-refractivity contribution in [3.63, 3.8) is 0 Å². The average Bonchev–Trinajstić information content (AvgIpc) is 3.05. The van der Waals surface area contributed by atoms with Gasteiger partial charge in [-0.15, -0.1) is 0 Å². The van der Waals surface area contributed by atoms with Crippen molar-refractivity contribution in [2.45, 2.75) is 13.8 Å². The van der Waals surface area contributed by atoms with Gasteiger partial charge < -0.3 is 19.9 Å². The number of nitrogens with one attached hydrogen (secondary N) is 2. The lowest BCUT2D eigenvalue weighted by Gasteiger charge is -2.09. The number of carbonyl (C=O) groups excluding carboxylic acids is 2. The number of anilines is 3. The van der Waals surface area contributed by atoms with Crippen LogP contribution in [0, 0.1) is 13.8 Å². The van der Waals surface area contributed by atoms with Crippen LogP contribution in [0.2, 0.25) is 0 Å². The fourth-order valence-corrected chi connectivity index (χ4v) is 2.34. The minimum absolute atomic E-state index is 0.162. The van der Waals surface area contributed by atoms with E-state index in [1.54, 1.807) is 44.2 Å². The molecule has 138 valence electrons. The van der Waals surface area contributed by atoms with E-state index in [0.717, 1.165) is 0 Å². The Kier molecular flexibility index (Phi) is 5.11. The molecule has 0 radical (unpaired) electrons. The lowest BCUT2D eigenvalue weighted by Crippen LogP contribution is -2.15. The summed E-state index contributed by atoms with van der Waals surface area (Å²) in [5, 5.41) is 9.38. The molecular formula is C18H17N5O4. The first-order chi connectivity index (χ1) is 12.9. The van der Waals surface area contributed by atoms with Crippen molar-refractivity contribution in [2.24, 2.45) is 0 Å². The number of esters is 1. The molecule has 9 nitrogen and oxygen atoms in total. The van der Waals surface area contributed by atoms with Crippen molar-refractivity contribution >= 4 is 29.2 Å². The molecule has 0 fully saturated rings. The fraction of sp³-hybridized carbons (Fsp3) is 0.167. The molecule has 1 amide bonds. The first-order valence-electron chi connectivity index (χ1n) is 8.00. The van der Waals surface area contributed by atoms with Crippen LogP contribution in [0.5, 0.6) is 0 Å². The summed E-state index contributed by atoms with van der Waals surface area (Å²) in [6, 6.07) is 9.84. The van der Waals surface area contributed by atoms with Gasteiger partial charge >= 0.3 is 5.97 Å². The van der Waals surface area contributed by atoms with Gasteiger partial charge in [-0.25, -0.2) is 14.8 Å². The number of nitrogens with zero attached hydrogens (tertiary/aromatic N) is 3. The molecule has 0 spiro atoms. The van der Waals surface area contributed by atoms with Crippen LogP contribution in [-0.4, -0.2) is 34.1 Å². The van der Waals surface area contributed by atoms with Crippen molar-refractivity contribution < 1.29 is 18.8 Å².